The number of benzene rings is 3. The minimum atomic E-state index is -3.80. The first kappa shape index (κ1) is 20.9. The molecule has 1 amide bonds. The van der Waals surface area contributed by atoms with Gasteiger partial charge in [0.2, 0.25) is 5.91 Å². The molecular formula is C24H24N2O4S. The molecule has 0 bridgehead atoms. The summed E-state index contributed by atoms with van der Waals surface area (Å²) in [5, 5.41) is 0. The van der Waals surface area contributed by atoms with Crippen molar-refractivity contribution < 1.29 is 17.9 Å². The van der Waals surface area contributed by atoms with E-state index in [9.17, 15) is 13.2 Å². The van der Waals surface area contributed by atoms with Crippen LogP contribution >= 0.6 is 0 Å². The second kappa shape index (κ2) is 7.74. The first-order valence-electron chi connectivity index (χ1n) is 9.91. The number of fused-ring (bicyclic) bond motifs is 1. The molecule has 0 aliphatic carbocycles. The van der Waals surface area contributed by atoms with Gasteiger partial charge in [-0.25, -0.2) is 8.42 Å². The Hall–Kier alpha value is -3.32. The molecular weight excluding hydrogens is 412 g/mol. The largest absolute Gasteiger partial charge is 0.490 e. The smallest absolute Gasteiger partial charge is 0.261 e. The predicted octanol–water partition coefficient (Wildman–Crippen LogP) is 4.54. The fourth-order valence-corrected chi connectivity index (χ4v) is 4.57. The summed E-state index contributed by atoms with van der Waals surface area (Å²) < 4.78 is 34.2. The number of carbonyl (C=O) groups excluding carboxylic acids is 1. The monoisotopic (exact) mass is 436 g/mol. The van der Waals surface area contributed by atoms with E-state index in [4.69, 9.17) is 4.74 Å². The fraction of sp³-hybridized carbons (Fsp3) is 0.208. The van der Waals surface area contributed by atoms with Crippen molar-refractivity contribution in [1.29, 1.82) is 0 Å². The number of hydrogen-bond donors (Lipinski definition) is 1. The fourth-order valence-electron chi connectivity index (χ4n) is 3.52. The van der Waals surface area contributed by atoms with E-state index in [0.29, 0.717) is 17.1 Å². The van der Waals surface area contributed by atoms with E-state index in [-0.39, 0.29) is 17.4 Å². The molecule has 1 heterocycles. The SMILES string of the molecule is CN1C(=O)C(C)(C)COc2ccc(NS(=O)(=O)c3ccc(-c4ccccc4)cc3)cc21. The number of anilines is 2. The van der Waals surface area contributed by atoms with Crippen molar-refractivity contribution in [3.8, 4) is 16.9 Å². The van der Waals surface area contributed by atoms with E-state index in [2.05, 4.69) is 4.72 Å². The standard InChI is InChI=1S/C24H24N2O4S/c1-24(2)16-30-22-14-11-19(15-21(22)26(3)23(24)27)25-31(28,29)20-12-9-18(10-13-20)17-7-5-4-6-8-17/h4-15,25H,16H2,1-3H3. The zero-order valence-corrected chi connectivity index (χ0v) is 18.4. The van der Waals surface area contributed by atoms with Crippen LogP contribution in [0.15, 0.2) is 77.7 Å². The summed E-state index contributed by atoms with van der Waals surface area (Å²) in [6, 6.07) is 21.4. The Morgan fingerprint density at radius 2 is 1.58 bits per heavy atom. The van der Waals surface area contributed by atoms with Gasteiger partial charge < -0.3 is 9.64 Å². The molecule has 1 N–H and O–H groups in total. The van der Waals surface area contributed by atoms with Gasteiger partial charge >= 0.3 is 0 Å². The molecule has 1 aliphatic heterocycles. The average Bonchev–Trinajstić information content (AvgIpc) is 2.85. The van der Waals surface area contributed by atoms with Crippen molar-refractivity contribution in [1.82, 2.24) is 0 Å². The summed E-state index contributed by atoms with van der Waals surface area (Å²) in [5.41, 5.74) is 2.16. The Labute approximate surface area is 182 Å². The molecule has 0 saturated carbocycles. The Balaban J connectivity index is 1.60. The lowest BCUT2D eigenvalue weighted by Gasteiger charge is -2.24. The molecule has 7 heteroatoms. The Morgan fingerprint density at radius 1 is 0.935 bits per heavy atom. The van der Waals surface area contributed by atoms with Crippen LogP contribution in [0.3, 0.4) is 0 Å². The van der Waals surface area contributed by atoms with Crippen LogP contribution in [0.4, 0.5) is 11.4 Å². The van der Waals surface area contributed by atoms with Crippen molar-refractivity contribution in [2.75, 3.05) is 23.3 Å². The van der Waals surface area contributed by atoms with Gasteiger partial charge in [-0.1, -0.05) is 42.5 Å². The van der Waals surface area contributed by atoms with Gasteiger partial charge in [-0.15, -0.1) is 0 Å². The van der Waals surface area contributed by atoms with Crippen molar-refractivity contribution in [2.24, 2.45) is 5.41 Å². The summed E-state index contributed by atoms with van der Waals surface area (Å²) in [6.07, 6.45) is 0. The third-order valence-electron chi connectivity index (χ3n) is 5.32. The van der Waals surface area contributed by atoms with Crippen LogP contribution in [-0.4, -0.2) is 28.0 Å². The molecule has 0 unspecified atom stereocenters. The minimum absolute atomic E-state index is 0.0947. The van der Waals surface area contributed by atoms with E-state index in [1.54, 1.807) is 49.5 Å². The molecule has 160 valence electrons. The number of sulfonamides is 1. The van der Waals surface area contributed by atoms with Crippen LogP contribution in [-0.2, 0) is 14.8 Å². The van der Waals surface area contributed by atoms with Gasteiger partial charge in [0.15, 0.2) is 0 Å². The molecule has 0 fully saturated rings. The first-order valence-corrected chi connectivity index (χ1v) is 11.4. The van der Waals surface area contributed by atoms with Crippen molar-refractivity contribution >= 4 is 27.3 Å². The van der Waals surface area contributed by atoms with Gasteiger partial charge in [-0.2, -0.15) is 0 Å². The Kier molecular flexibility index (Phi) is 5.23. The molecule has 0 aromatic heterocycles. The summed E-state index contributed by atoms with van der Waals surface area (Å²) in [7, 11) is -2.13. The molecule has 31 heavy (non-hydrogen) atoms. The number of carbonyl (C=O) groups is 1. The third-order valence-corrected chi connectivity index (χ3v) is 6.71. The molecule has 0 radical (unpaired) electrons. The van der Waals surface area contributed by atoms with E-state index in [1.807, 2.05) is 44.2 Å². The zero-order chi connectivity index (χ0) is 22.2. The van der Waals surface area contributed by atoms with Crippen LogP contribution < -0.4 is 14.4 Å². The molecule has 6 nitrogen and oxygen atoms in total. The summed E-state index contributed by atoms with van der Waals surface area (Å²) in [4.78, 5) is 14.4. The number of nitrogens with zero attached hydrogens (tertiary/aromatic N) is 1. The highest BCUT2D eigenvalue weighted by Crippen LogP contribution is 2.37. The minimum Gasteiger partial charge on any atom is -0.490 e. The van der Waals surface area contributed by atoms with E-state index in [1.165, 1.54) is 4.90 Å². The topological polar surface area (TPSA) is 75.7 Å². The van der Waals surface area contributed by atoms with Gasteiger partial charge in [0.25, 0.3) is 10.0 Å². The maximum atomic E-state index is 12.9. The highest BCUT2D eigenvalue weighted by Gasteiger charge is 2.36. The Bertz CT molecular complexity index is 1220. The van der Waals surface area contributed by atoms with E-state index >= 15 is 0 Å². The molecule has 0 saturated heterocycles. The third kappa shape index (κ3) is 4.14. The van der Waals surface area contributed by atoms with Gasteiger partial charge in [0.05, 0.1) is 21.7 Å². The predicted molar refractivity (Wildman–Crippen MR) is 122 cm³/mol. The maximum Gasteiger partial charge on any atom is 0.261 e. The second-order valence-electron chi connectivity index (χ2n) is 8.22. The molecule has 1 aliphatic rings. The van der Waals surface area contributed by atoms with Gasteiger partial charge in [-0.05, 0) is 55.3 Å². The van der Waals surface area contributed by atoms with Crippen molar-refractivity contribution in [2.45, 2.75) is 18.7 Å². The van der Waals surface area contributed by atoms with Gasteiger partial charge in [-0.3, -0.25) is 9.52 Å². The zero-order valence-electron chi connectivity index (χ0n) is 17.6. The lowest BCUT2D eigenvalue weighted by atomic mass is 9.93. The maximum absolute atomic E-state index is 12.9. The summed E-state index contributed by atoms with van der Waals surface area (Å²) in [6.45, 7) is 3.89. The van der Waals surface area contributed by atoms with Crippen LogP contribution in [0.5, 0.6) is 5.75 Å². The Morgan fingerprint density at radius 3 is 2.26 bits per heavy atom. The lowest BCUT2D eigenvalue weighted by molar-refractivity contribution is -0.127. The van der Waals surface area contributed by atoms with Crippen molar-refractivity contribution in [3.05, 3.63) is 72.8 Å². The molecule has 3 aromatic carbocycles. The second-order valence-corrected chi connectivity index (χ2v) is 9.90. The molecule has 0 spiro atoms. The normalized spacial score (nSPS) is 15.6. The highest BCUT2D eigenvalue weighted by atomic mass is 32.2. The van der Waals surface area contributed by atoms with Gasteiger partial charge in [0, 0.05) is 7.05 Å². The van der Waals surface area contributed by atoms with E-state index in [0.717, 1.165) is 11.1 Å². The number of hydrogen-bond acceptors (Lipinski definition) is 4. The molecule has 3 aromatic rings. The molecule has 4 rings (SSSR count). The van der Waals surface area contributed by atoms with E-state index < -0.39 is 15.4 Å². The quantitative estimate of drug-likeness (QED) is 0.652. The van der Waals surface area contributed by atoms with Crippen LogP contribution in [0.25, 0.3) is 11.1 Å². The van der Waals surface area contributed by atoms with Crippen LogP contribution in [0.2, 0.25) is 0 Å². The number of nitrogens with one attached hydrogen (secondary N) is 1. The number of amides is 1. The highest BCUT2D eigenvalue weighted by molar-refractivity contribution is 7.92. The summed E-state index contributed by atoms with van der Waals surface area (Å²) >= 11 is 0. The first-order chi connectivity index (χ1) is 14.7. The average molecular weight is 437 g/mol. The number of rotatable bonds is 4. The summed E-state index contributed by atoms with van der Waals surface area (Å²) in [5.74, 6) is 0.444. The van der Waals surface area contributed by atoms with Crippen molar-refractivity contribution in [3.63, 3.8) is 0 Å². The van der Waals surface area contributed by atoms with Crippen LogP contribution in [0.1, 0.15) is 13.8 Å². The number of ether oxygens (including phenoxy) is 1. The van der Waals surface area contributed by atoms with Crippen LogP contribution in [0, 0.1) is 5.41 Å². The lowest BCUT2D eigenvalue weighted by Crippen LogP contribution is -2.39. The van der Waals surface area contributed by atoms with Gasteiger partial charge in [0.1, 0.15) is 12.4 Å². The molecule has 0 atom stereocenters.